The molecular formula is C28H30N2O3. The van der Waals surface area contributed by atoms with Gasteiger partial charge in [-0.05, 0) is 35.7 Å². The van der Waals surface area contributed by atoms with Crippen molar-refractivity contribution >= 4 is 16.8 Å². The van der Waals surface area contributed by atoms with Gasteiger partial charge in [-0.25, -0.2) is 0 Å². The molecule has 1 aromatic heterocycles. The van der Waals surface area contributed by atoms with Crippen molar-refractivity contribution in [2.24, 2.45) is 0 Å². The van der Waals surface area contributed by atoms with Gasteiger partial charge in [0, 0.05) is 23.6 Å². The maximum absolute atomic E-state index is 12.8. The zero-order chi connectivity index (χ0) is 23.6. The van der Waals surface area contributed by atoms with Crippen molar-refractivity contribution in [2.45, 2.75) is 32.7 Å². The smallest absolute Gasteiger partial charge is 0.221 e. The summed E-state index contributed by atoms with van der Waals surface area (Å²) < 4.78 is 5.26. The maximum atomic E-state index is 12.8. The molecule has 0 aliphatic heterocycles. The normalized spacial score (nSPS) is 11.2. The Morgan fingerprint density at radius 2 is 1.70 bits per heavy atom. The first kappa shape index (κ1) is 23.8. The van der Waals surface area contributed by atoms with E-state index in [1.165, 1.54) is 0 Å². The topological polar surface area (TPSA) is 71.5 Å². The number of phenols is 1. The van der Waals surface area contributed by atoms with E-state index in [2.05, 4.69) is 10.3 Å². The second kappa shape index (κ2) is 11.7. The fraction of sp³-hybridized carbons (Fsp3) is 0.214. The summed E-state index contributed by atoms with van der Waals surface area (Å²) in [7, 11) is 1.61. The number of amides is 1. The number of benzene rings is 3. The number of aryl methyl sites for hydroxylation is 1. The van der Waals surface area contributed by atoms with E-state index < -0.39 is 6.04 Å². The van der Waals surface area contributed by atoms with Crippen LogP contribution in [-0.4, -0.2) is 23.1 Å². The van der Waals surface area contributed by atoms with Crippen LogP contribution in [0.5, 0.6) is 11.5 Å². The predicted octanol–water partition coefficient (Wildman–Crippen LogP) is 5.81. The van der Waals surface area contributed by atoms with E-state index in [4.69, 9.17) is 4.74 Å². The standard InChI is InChI=1S/C26H24N2O3.C2H6/c1-31-21-13-10-20(11-14-21)24(28-23(29)16-9-18-6-3-2-4-7-18)22-15-12-19-8-5-17-27-25(19)26(22)30;1-2/h2-8,10-15,17,24,30H,9,16H2,1H3,(H,28,29);1-2H3. The SMILES string of the molecule is CC.COc1ccc(C(NC(=O)CCc2ccccc2)c2ccc3cccnc3c2O)cc1. The molecule has 0 aliphatic rings. The van der Waals surface area contributed by atoms with Crippen molar-refractivity contribution in [2.75, 3.05) is 7.11 Å². The number of nitrogens with one attached hydrogen (secondary N) is 1. The second-order valence-corrected chi connectivity index (χ2v) is 7.34. The Morgan fingerprint density at radius 3 is 2.39 bits per heavy atom. The number of methoxy groups -OCH3 is 1. The Labute approximate surface area is 195 Å². The lowest BCUT2D eigenvalue weighted by Crippen LogP contribution is -2.29. The number of rotatable bonds is 7. The van der Waals surface area contributed by atoms with Crippen LogP contribution >= 0.6 is 0 Å². The molecule has 3 aromatic carbocycles. The van der Waals surface area contributed by atoms with Gasteiger partial charge in [-0.15, -0.1) is 0 Å². The molecule has 1 amide bonds. The quantitative estimate of drug-likeness (QED) is 0.379. The monoisotopic (exact) mass is 442 g/mol. The third kappa shape index (κ3) is 5.89. The lowest BCUT2D eigenvalue weighted by Gasteiger charge is -2.22. The lowest BCUT2D eigenvalue weighted by atomic mass is 9.95. The molecule has 1 unspecified atom stereocenters. The van der Waals surface area contributed by atoms with E-state index in [9.17, 15) is 9.90 Å². The maximum Gasteiger partial charge on any atom is 0.221 e. The first-order chi connectivity index (χ1) is 16.2. The van der Waals surface area contributed by atoms with Crippen molar-refractivity contribution in [3.8, 4) is 11.5 Å². The number of carbonyl (C=O) groups is 1. The summed E-state index contributed by atoms with van der Waals surface area (Å²) >= 11 is 0. The molecule has 0 fully saturated rings. The van der Waals surface area contributed by atoms with E-state index in [0.717, 1.165) is 22.3 Å². The number of ether oxygens (including phenoxy) is 1. The molecule has 5 nitrogen and oxygen atoms in total. The fourth-order valence-corrected chi connectivity index (χ4v) is 3.65. The van der Waals surface area contributed by atoms with Gasteiger partial charge in [0.25, 0.3) is 0 Å². The van der Waals surface area contributed by atoms with Gasteiger partial charge in [0.1, 0.15) is 17.0 Å². The van der Waals surface area contributed by atoms with Gasteiger partial charge in [0.15, 0.2) is 0 Å². The fourth-order valence-electron chi connectivity index (χ4n) is 3.65. The van der Waals surface area contributed by atoms with E-state index in [0.29, 0.717) is 23.9 Å². The van der Waals surface area contributed by atoms with Gasteiger partial charge in [0.2, 0.25) is 5.91 Å². The first-order valence-corrected chi connectivity index (χ1v) is 11.2. The van der Waals surface area contributed by atoms with Crippen molar-refractivity contribution in [3.63, 3.8) is 0 Å². The van der Waals surface area contributed by atoms with Crippen LogP contribution in [0.1, 0.15) is 43.0 Å². The molecule has 5 heteroatoms. The minimum absolute atomic E-state index is 0.0716. The van der Waals surface area contributed by atoms with E-state index in [1.807, 2.05) is 92.7 Å². The summed E-state index contributed by atoms with van der Waals surface area (Å²) in [6, 6.07) is 24.3. The van der Waals surface area contributed by atoms with Crippen molar-refractivity contribution < 1.29 is 14.6 Å². The average molecular weight is 443 g/mol. The number of carbonyl (C=O) groups excluding carboxylic acids is 1. The molecule has 4 rings (SSSR count). The number of fused-ring (bicyclic) bond motifs is 1. The minimum atomic E-state index is -0.513. The summed E-state index contributed by atoms with van der Waals surface area (Å²) in [6.07, 6.45) is 2.64. The van der Waals surface area contributed by atoms with Crippen LogP contribution in [0.15, 0.2) is 85.1 Å². The molecule has 0 aliphatic carbocycles. The second-order valence-electron chi connectivity index (χ2n) is 7.34. The molecule has 0 saturated heterocycles. The van der Waals surface area contributed by atoms with Crippen LogP contribution in [0.3, 0.4) is 0 Å². The lowest BCUT2D eigenvalue weighted by molar-refractivity contribution is -0.121. The molecule has 0 saturated carbocycles. The highest BCUT2D eigenvalue weighted by molar-refractivity contribution is 5.86. The van der Waals surface area contributed by atoms with Gasteiger partial charge in [-0.2, -0.15) is 0 Å². The van der Waals surface area contributed by atoms with Crippen LogP contribution in [0.4, 0.5) is 0 Å². The largest absolute Gasteiger partial charge is 0.505 e. The highest BCUT2D eigenvalue weighted by Gasteiger charge is 2.22. The first-order valence-electron chi connectivity index (χ1n) is 11.2. The molecular weight excluding hydrogens is 412 g/mol. The summed E-state index contributed by atoms with van der Waals surface area (Å²) in [5.41, 5.74) is 3.07. The number of pyridine rings is 1. The van der Waals surface area contributed by atoms with Crippen LogP contribution in [0, 0.1) is 0 Å². The molecule has 2 N–H and O–H groups in total. The molecule has 33 heavy (non-hydrogen) atoms. The zero-order valence-corrected chi connectivity index (χ0v) is 19.3. The number of aromatic hydroxyl groups is 1. The predicted molar refractivity (Wildman–Crippen MR) is 132 cm³/mol. The molecule has 1 atom stereocenters. The van der Waals surface area contributed by atoms with Gasteiger partial charge in [-0.3, -0.25) is 9.78 Å². The van der Waals surface area contributed by atoms with Crippen molar-refractivity contribution in [1.29, 1.82) is 0 Å². The molecule has 0 spiro atoms. The summed E-state index contributed by atoms with van der Waals surface area (Å²) in [5, 5.41) is 14.9. The number of nitrogens with zero attached hydrogens (tertiary/aromatic N) is 1. The van der Waals surface area contributed by atoms with Crippen LogP contribution < -0.4 is 10.1 Å². The number of hydrogen-bond donors (Lipinski definition) is 2. The highest BCUT2D eigenvalue weighted by Crippen LogP contribution is 2.35. The molecule has 0 bridgehead atoms. The highest BCUT2D eigenvalue weighted by atomic mass is 16.5. The molecule has 0 radical (unpaired) electrons. The Kier molecular flexibility index (Phi) is 8.42. The molecule has 170 valence electrons. The van der Waals surface area contributed by atoms with Crippen LogP contribution in [-0.2, 0) is 11.2 Å². The Hall–Kier alpha value is -3.86. The van der Waals surface area contributed by atoms with Gasteiger partial charge >= 0.3 is 0 Å². The molecule has 1 heterocycles. The third-order valence-electron chi connectivity index (χ3n) is 5.33. The van der Waals surface area contributed by atoms with E-state index in [1.54, 1.807) is 13.3 Å². The minimum Gasteiger partial charge on any atom is -0.505 e. The van der Waals surface area contributed by atoms with E-state index in [-0.39, 0.29) is 11.7 Å². The summed E-state index contributed by atoms with van der Waals surface area (Å²) in [5.74, 6) is 0.703. The van der Waals surface area contributed by atoms with Crippen LogP contribution in [0.2, 0.25) is 0 Å². The van der Waals surface area contributed by atoms with Crippen molar-refractivity contribution in [1.82, 2.24) is 10.3 Å². The third-order valence-corrected chi connectivity index (χ3v) is 5.33. The number of phenolic OH excluding ortho intramolecular Hbond substituents is 1. The Morgan fingerprint density at radius 1 is 0.970 bits per heavy atom. The van der Waals surface area contributed by atoms with Crippen LogP contribution in [0.25, 0.3) is 10.9 Å². The summed E-state index contributed by atoms with van der Waals surface area (Å²) in [6.45, 7) is 4.00. The van der Waals surface area contributed by atoms with Crippen molar-refractivity contribution in [3.05, 3.63) is 102 Å². The summed E-state index contributed by atoms with van der Waals surface area (Å²) in [4.78, 5) is 17.2. The van der Waals surface area contributed by atoms with E-state index >= 15 is 0 Å². The average Bonchev–Trinajstić information content (AvgIpc) is 2.89. The molecule has 4 aromatic rings. The van der Waals surface area contributed by atoms with Gasteiger partial charge in [-0.1, -0.05) is 74.5 Å². The Bertz CT molecular complexity index is 1170. The number of hydrogen-bond acceptors (Lipinski definition) is 4. The van der Waals surface area contributed by atoms with Gasteiger partial charge in [0.05, 0.1) is 13.2 Å². The van der Waals surface area contributed by atoms with Gasteiger partial charge < -0.3 is 15.2 Å². The Balaban J connectivity index is 0.00000149. The zero-order valence-electron chi connectivity index (χ0n) is 19.3. The number of aromatic nitrogens is 1.